The Morgan fingerprint density at radius 2 is 2.25 bits per heavy atom. The minimum absolute atomic E-state index is 0.143. The quantitative estimate of drug-likeness (QED) is 0.838. The van der Waals surface area contributed by atoms with Gasteiger partial charge in [0.1, 0.15) is 0 Å². The third kappa shape index (κ3) is 2.78. The Kier molecular flexibility index (Phi) is 3.89. The maximum absolute atomic E-state index is 9.47. The van der Waals surface area contributed by atoms with Crippen molar-refractivity contribution in [2.75, 3.05) is 26.2 Å². The van der Waals surface area contributed by atoms with E-state index < -0.39 is 0 Å². The van der Waals surface area contributed by atoms with Gasteiger partial charge in [-0.2, -0.15) is 0 Å². The van der Waals surface area contributed by atoms with Crippen molar-refractivity contribution in [1.82, 2.24) is 14.7 Å². The topological polar surface area (TPSA) is 50.5 Å². The van der Waals surface area contributed by atoms with E-state index >= 15 is 0 Å². The zero-order valence-electron chi connectivity index (χ0n) is 11.8. The highest BCUT2D eigenvalue weighted by Crippen LogP contribution is 2.23. The summed E-state index contributed by atoms with van der Waals surface area (Å²) in [4.78, 5) is 2.28. The number of ether oxygens (including phenoxy) is 1. The van der Waals surface area contributed by atoms with Crippen molar-refractivity contribution >= 4 is 10.9 Å². The van der Waals surface area contributed by atoms with Crippen LogP contribution < -0.4 is 4.74 Å². The lowest BCUT2D eigenvalue weighted by molar-refractivity contribution is 0.172. The summed E-state index contributed by atoms with van der Waals surface area (Å²) in [6.07, 6.45) is 1.71. The maximum Gasteiger partial charge on any atom is 0.240 e. The summed E-state index contributed by atoms with van der Waals surface area (Å²) in [6.45, 7) is 3.43. The number of β-amino-alcohol motifs (C(OH)–C–C–N with tert-alkyl or cyclic N) is 1. The van der Waals surface area contributed by atoms with Crippen LogP contribution >= 0.6 is 0 Å². The summed E-state index contributed by atoms with van der Waals surface area (Å²) in [7, 11) is 1.93. The van der Waals surface area contributed by atoms with E-state index in [1.165, 1.54) is 0 Å². The predicted molar refractivity (Wildman–Crippen MR) is 77.9 cm³/mol. The molecule has 1 saturated heterocycles. The van der Waals surface area contributed by atoms with E-state index in [0.717, 1.165) is 43.4 Å². The van der Waals surface area contributed by atoms with Crippen LogP contribution in [0.4, 0.5) is 0 Å². The maximum atomic E-state index is 9.47. The molecule has 0 saturated carbocycles. The highest BCUT2D eigenvalue weighted by atomic mass is 16.5. The summed E-state index contributed by atoms with van der Waals surface area (Å²) >= 11 is 0. The molecule has 1 aromatic carbocycles. The van der Waals surface area contributed by atoms with Crippen LogP contribution in [0.1, 0.15) is 12.8 Å². The molecule has 1 aliphatic heterocycles. The van der Waals surface area contributed by atoms with E-state index in [1.807, 2.05) is 36.0 Å². The summed E-state index contributed by atoms with van der Waals surface area (Å²) in [5.74, 6) is 0.713. The SMILES string of the molecule is Cn1nc(OCCCN2CC[C@@H](O)C2)c2ccccc21. The Labute approximate surface area is 118 Å². The van der Waals surface area contributed by atoms with E-state index in [-0.39, 0.29) is 6.10 Å². The number of aromatic nitrogens is 2. The molecule has 108 valence electrons. The smallest absolute Gasteiger partial charge is 0.240 e. The van der Waals surface area contributed by atoms with E-state index in [0.29, 0.717) is 12.5 Å². The van der Waals surface area contributed by atoms with E-state index in [4.69, 9.17) is 4.74 Å². The molecular weight excluding hydrogens is 254 g/mol. The van der Waals surface area contributed by atoms with Gasteiger partial charge in [-0.15, -0.1) is 5.10 Å². The van der Waals surface area contributed by atoms with Gasteiger partial charge in [0, 0.05) is 26.7 Å². The number of para-hydroxylation sites is 1. The number of hydrogen-bond acceptors (Lipinski definition) is 4. The van der Waals surface area contributed by atoms with Gasteiger partial charge in [0.15, 0.2) is 0 Å². The molecule has 5 nitrogen and oxygen atoms in total. The first-order chi connectivity index (χ1) is 9.74. The second kappa shape index (κ2) is 5.81. The van der Waals surface area contributed by atoms with Crippen LogP contribution in [0.25, 0.3) is 10.9 Å². The van der Waals surface area contributed by atoms with Gasteiger partial charge >= 0.3 is 0 Å². The van der Waals surface area contributed by atoms with E-state index in [9.17, 15) is 5.11 Å². The lowest BCUT2D eigenvalue weighted by atomic mass is 10.2. The average molecular weight is 275 g/mol. The largest absolute Gasteiger partial charge is 0.476 e. The molecule has 1 aromatic heterocycles. The third-order valence-electron chi connectivity index (χ3n) is 3.83. The van der Waals surface area contributed by atoms with Crippen LogP contribution in [0.3, 0.4) is 0 Å². The second-order valence-electron chi connectivity index (χ2n) is 5.39. The summed E-state index contributed by atoms with van der Waals surface area (Å²) < 4.78 is 7.65. The standard InChI is InChI=1S/C15H21N3O2/c1-17-14-6-3-2-5-13(14)15(16-17)20-10-4-8-18-9-7-12(19)11-18/h2-3,5-6,12,19H,4,7-11H2,1H3/t12-/m1/s1. The first-order valence-electron chi connectivity index (χ1n) is 7.19. The number of hydrogen-bond donors (Lipinski definition) is 1. The van der Waals surface area contributed by atoms with Gasteiger partial charge in [0.25, 0.3) is 0 Å². The number of rotatable bonds is 5. The lowest BCUT2D eigenvalue weighted by Gasteiger charge is -2.14. The first-order valence-corrected chi connectivity index (χ1v) is 7.19. The molecule has 2 heterocycles. The van der Waals surface area contributed by atoms with Gasteiger partial charge in [-0.3, -0.25) is 4.68 Å². The van der Waals surface area contributed by atoms with Gasteiger partial charge in [-0.25, -0.2) is 0 Å². The van der Waals surface area contributed by atoms with Crippen LogP contribution in [-0.2, 0) is 7.05 Å². The number of nitrogens with zero attached hydrogens (tertiary/aromatic N) is 3. The Morgan fingerprint density at radius 3 is 3.05 bits per heavy atom. The van der Waals surface area contributed by atoms with Crippen molar-refractivity contribution in [3.05, 3.63) is 24.3 Å². The average Bonchev–Trinajstić information content (AvgIpc) is 3.00. The second-order valence-corrected chi connectivity index (χ2v) is 5.39. The monoisotopic (exact) mass is 275 g/mol. The van der Waals surface area contributed by atoms with Gasteiger partial charge in [-0.05, 0) is 25.0 Å². The van der Waals surface area contributed by atoms with Gasteiger partial charge in [0.2, 0.25) is 5.88 Å². The molecule has 5 heteroatoms. The molecule has 20 heavy (non-hydrogen) atoms. The molecule has 2 aromatic rings. The molecule has 0 amide bonds. The molecule has 1 aliphatic rings. The fourth-order valence-electron chi connectivity index (χ4n) is 2.76. The van der Waals surface area contributed by atoms with Gasteiger partial charge in [-0.1, -0.05) is 12.1 Å². The van der Waals surface area contributed by atoms with Crippen LogP contribution in [0.5, 0.6) is 5.88 Å². The Morgan fingerprint density at radius 1 is 1.40 bits per heavy atom. The van der Waals surface area contributed by atoms with Gasteiger partial charge in [0.05, 0.1) is 23.6 Å². The Balaban J connectivity index is 1.52. The highest BCUT2D eigenvalue weighted by molar-refractivity contribution is 5.84. The fourth-order valence-corrected chi connectivity index (χ4v) is 2.76. The van der Waals surface area contributed by atoms with Crippen LogP contribution in [0, 0.1) is 0 Å². The molecule has 1 N–H and O–H groups in total. The molecule has 0 bridgehead atoms. The molecule has 0 spiro atoms. The summed E-state index contributed by atoms with van der Waals surface area (Å²) in [6, 6.07) is 8.09. The molecule has 0 radical (unpaired) electrons. The molecule has 3 rings (SSSR count). The predicted octanol–water partition coefficient (Wildman–Crippen LogP) is 1.41. The number of fused-ring (bicyclic) bond motifs is 1. The molecule has 1 atom stereocenters. The normalized spacial score (nSPS) is 19.8. The minimum Gasteiger partial charge on any atom is -0.476 e. The Hall–Kier alpha value is -1.59. The number of likely N-dealkylation sites (tertiary alicyclic amines) is 1. The number of aliphatic hydroxyl groups excluding tert-OH is 1. The number of aliphatic hydroxyl groups is 1. The zero-order chi connectivity index (χ0) is 13.9. The van der Waals surface area contributed by atoms with Crippen molar-refractivity contribution in [2.24, 2.45) is 7.05 Å². The third-order valence-corrected chi connectivity index (χ3v) is 3.83. The van der Waals surface area contributed by atoms with Crippen molar-refractivity contribution in [1.29, 1.82) is 0 Å². The van der Waals surface area contributed by atoms with Crippen molar-refractivity contribution < 1.29 is 9.84 Å². The summed E-state index contributed by atoms with van der Waals surface area (Å²) in [5, 5.41) is 14.9. The van der Waals surface area contributed by atoms with Crippen molar-refractivity contribution in [3.63, 3.8) is 0 Å². The highest BCUT2D eigenvalue weighted by Gasteiger charge is 2.19. The number of benzene rings is 1. The molecule has 0 aliphatic carbocycles. The van der Waals surface area contributed by atoms with E-state index in [2.05, 4.69) is 10.00 Å². The van der Waals surface area contributed by atoms with Crippen molar-refractivity contribution in [2.45, 2.75) is 18.9 Å². The zero-order valence-corrected chi connectivity index (χ0v) is 11.8. The fraction of sp³-hybridized carbons (Fsp3) is 0.533. The number of aryl methyl sites for hydroxylation is 1. The lowest BCUT2D eigenvalue weighted by Crippen LogP contribution is -2.24. The first kappa shape index (κ1) is 13.4. The minimum atomic E-state index is -0.143. The molecule has 1 fully saturated rings. The van der Waals surface area contributed by atoms with Crippen molar-refractivity contribution in [3.8, 4) is 5.88 Å². The summed E-state index contributed by atoms with van der Waals surface area (Å²) in [5.41, 5.74) is 1.09. The molecule has 0 unspecified atom stereocenters. The van der Waals surface area contributed by atoms with Crippen LogP contribution in [-0.4, -0.2) is 52.1 Å². The van der Waals surface area contributed by atoms with Crippen LogP contribution in [0.15, 0.2) is 24.3 Å². The molecular formula is C15H21N3O2. The van der Waals surface area contributed by atoms with Crippen LogP contribution in [0.2, 0.25) is 0 Å². The van der Waals surface area contributed by atoms with Gasteiger partial charge < -0.3 is 14.7 Å². The van der Waals surface area contributed by atoms with E-state index in [1.54, 1.807) is 0 Å². The Bertz CT molecular complexity index is 582.